The summed E-state index contributed by atoms with van der Waals surface area (Å²) in [7, 11) is 0. The summed E-state index contributed by atoms with van der Waals surface area (Å²) in [4.78, 5) is 19.8. The van der Waals surface area contributed by atoms with E-state index in [2.05, 4.69) is 30.8 Å². The van der Waals surface area contributed by atoms with Crippen molar-refractivity contribution in [3.05, 3.63) is 47.9 Å². The van der Waals surface area contributed by atoms with E-state index in [4.69, 9.17) is 0 Å². The molecule has 0 unspecified atom stereocenters. The molecule has 0 spiro atoms. The summed E-state index contributed by atoms with van der Waals surface area (Å²) >= 11 is 0. The van der Waals surface area contributed by atoms with E-state index in [1.54, 1.807) is 18.3 Å². The van der Waals surface area contributed by atoms with Crippen LogP contribution in [0, 0.1) is 6.92 Å². The summed E-state index contributed by atoms with van der Waals surface area (Å²) in [5, 5.41) is 14.0. The average Bonchev–Trinajstić information content (AvgIpc) is 3.10. The Kier molecular flexibility index (Phi) is 2.62. The lowest BCUT2D eigenvalue weighted by Gasteiger charge is -2.05. The molecule has 0 aliphatic heterocycles. The summed E-state index contributed by atoms with van der Waals surface area (Å²) in [5.41, 5.74) is 3.45. The lowest BCUT2D eigenvalue weighted by atomic mass is 10.2. The van der Waals surface area contributed by atoms with Crippen LogP contribution >= 0.6 is 0 Å². The van der Waals surface area contributed by atoms with E-state index >= 15 is 0 Å². The standard InChI is InChI=1S/C14H11N7O/c1-8-15-11-3-2-10(7-12(11)16-8)17-14(22)9-4-5-21-13(6-9)18-19-20-21/h2-7H,1H3,(H,15,16)(H,17,22). The molecule has 0 aliphatic rings. The molecule has 0 bridgehead atoms. The highest BCUT2D eigenvalue weighted by atomic mass is 16.1. The molecule has 2 N–H and O–H groups in total. The highest BCUT2D eigenvalue weighted by Gasteiger charge is 2.09. The minimum atomic E-state index is -0.221. The smallest absolute Gasteiger partial charge is 0.255 e. The van der Waals surface area contributed by atoms with E-state index in [9.17, 15) is 4.79 Å². The van der Waals surface area contributed by atoms with E-state index < -0.39 is 0 Å². The highest BCUT2D eigenvalue weighted by molar-refractivity contribution is 6.05. The molecule has 108 valence electrons. The summed E-state index contributed by atoms with van der Waals surface area (Å²) in [6.07, 6.45) is 1.64. The van der Waals surface area contributed by atoms with Crippen molar-refractivity contribution in [1.29, 1.82) is 0 Å². The van der Waals surface area contributed by atoms with Crippen molar-refractivity contribution < 1.29 is 4.79 Å². The van der Waals surface area contributed by atoms with Gasteiger partial charge in [-0.3, -0.25) is 4.79 Å². The quantitative estimate of drug-likeness (QED) is 0.584. The first-order valence-electron chi connectivity index (χ1n) is 6.64. The third-order valence-corrected chi connectivity index (χ3v) is 3.32. The molecule has 0 saturated heterocycles. The highest BCUT2D eigenvalue weighted by Crippen LogP contribution is 2.18. The van der Waals surface area contributed by atoms with Crippen LogP contribution in [0.15, 0.2) is 36.5 Å². The zero-order valence-electron chi connectivity index (χ0n) is 11.6. The molecule has 3 heterocycles. The number of anilines is 1. The zero-order valence-corrected chi connectivity index (χ0v) is 11.6. The number of nitrogens with zero attached hydrogens (tertiary/aromatic N) is 5. The summed E-state index contributed by atoms with van der Waals surface area (Å²) in [5.74, 6) is 0.615. The Hall–Kier alpha value is -3.29. The molecule has 0 atom stereocenters. The molecule has 22 heavy (non-hydrogen) atoms. The Bertz CT molecular complexity index is 1000. The van der Waals surface area contributed by atoms with Gasteiger partial charge in [0.2, 0.25) is 0 Å². The van der Waals surface area contributed by atoms with Crippen molar-refractivity contribution in [2.45, 2.75) is 6.92 Å². The lowest BCUT2D eigenvalue weighted by Crippen LogP contribution is -2.12. The maximum Gasteiger partial charge on any atom is 0.255 e. The van der Waals surface area contributed by atoms with Crippen molar-refractivity contribution in [3.8, 4) is 0 Å². The second kappa shape index (κ2) is 4.62. The van der Waals surface area contributed by atoms with Gasteiger partial charge < -0.3 is 10.3 Å². The number of benzene rings is 1. The molecule has 4 rings (SSSR count). The molecular formula is C14H11N7O. The van der Waals surface area contributed by atoms with Crippen molar-refractivity contribution in [2.75, 3.05) is 5.32 Å². The SMILES string of the molecule is Cc1nc2ccc(NC(=O)c3ccn4nnnc4c3)cc2[nH]1. The van der Waals surface area contributed by atoms with Gasteiger partial charge in [0, 0.05) is 17.4 Å². The first-order valence-corrected chi connectivity index (χ1v) is 6.64. The summed E-state index contributed by atoms with van der Waals surface area (Å²) in [6.45, 7) is 1.89. The zero-order chi connectivity index (χ0) is 15.1. The molecule has 0 fully saturated rings. The number of hydrogen-bond donors (Lipinski definition) is 2. The lowest BCUT2D eigenvalue weighted by molar-refractivity contribution is 0.102. The van der Waals surface area contributed by atoms with Crippen LogP contribution in [0.25, 0.3) is 16.7 Å². The van der Waals surface area contributed by atoms with Crippen molar-refractivity contribution in [3.63, 3.8) is 0 Å². The largest absolute Gasteiger partial charge is 0.342 e. The third-order valence-electron chi connectivity index (χ3n) is 3.32. The third kappa shape index (κ3) is 2.06. The van der Waals surface area contributed by atoms with E-state index in [-0.39, 0.29) is 5.91 Å². The van der Waals surface area contributed by atoms with Crippen LogP contribution in [0.4, 0.5) is 5.69 Å². The van der Waals surface area contributed by atoms with Crippen LogP contribution in [0.2, 0.25) is 0 Å². The number of carbonyl (C=O) groups is 1. The van der Waals surface area contributed by atoms with Gasteiger partial charge in [-0.05, 0) is 47.7 Å². The maximum absolute atomic E-state index is 12.3. The normalized spacial score (nSPS) is 11.1. The van der Waals surface area contributed by atoms with E-state index in [0.717, 1.165) is 16.9 Å². The first-order chi connectivity index (χ1) is 10.7. The number of amides is 1. The fourth-order valence-corrected chi connectivity index (χ4v) is 2.30. The fraction of sp³-hybridized carbons (Fsp3) is 0.0714. The molecule has 3 aromatic heterocycles. The maximum atomic E-state index is 12.3. The molecule has 8 heteroatoms. The summed E-state index contributed by atoms with van der Waals surface area (Å²) in [6, 6.07) is 8.83. The van der Waals surface area contributed by atoms with Gasteiger partial charge in [-0.1, -0.05) is 0 Å². The molecule has 0 saturated carbocycles. The van der Waals surface area contributed by atoms with Gasteiger partial charge in [-0.25, -0.2) is 9.50 Å². The number of hydrogen-bond acceptors (Lipinski definition) is 5. The Balaban J connectivity index is 1.64. The molecule has 1 aromatic carbocycles. The molecule has 1 amide bonds. The minimum Gasteiger partial charge on any atom is -0.342 e. The average molecular weight is 293 g/mol. The number of fused-ring (bicyclic) bond motifs is 2. The second-order valence-electron chi connectivity index (χ2n) is 4.91. The van der Waals surface area contributed by atoms with Gasteiger partial charge in [0.1, 0.15) is 5.82 Å². The molecule has 8 nitrogen and oxygen atoms in total. The van der Waals surface area contributed by atoms with Crippen molar-refractivity contribution >= 4 is 28.3 Å². The fourth-order valence-electron chi connectivity index (χ4n) is 2.30. The van der Waals surface area contributed by atoms with E-state index in [1.807, 2.05) is 25.1 Å². The van der Waals surface area contributed by atoms with E-state index in [0.29, 0.717) is 16.9 Å². The number of H-pyrrole nitrogens is 1. The van der Waals surface area contributed by atoms with Gasteiger partial charge >= 0.3 is 0 Å². The summed E-state index contributed by atoms with van der Waals surface area (Å²) < 4.78 is 1.50. The van der Waals surface area contributed by atoms with Gasteiger partial charge in [0.25, 0.3) is 5.91 Å². The van der Waals surface area contributed by atoms with Crippen molar-refractivity contribution in [2.24, 2.45) is 0 Å². The molecular weight excluding hydrogens is 282 g/mol. The van der Waals surface area contributed by atoms with Gasteiger partial charge in [-0.15, -0.1) is 5.10 Å². The number of aromatic amines is 1. The Morgan fingerprint density at radius 2 is 2.18 bits per heavy atom. The number of aromatic nitrogens is 6. The molecule has 0 radical (unpaired) electrons. The van der Waals surface area contributed by atoms with Crippen LogP contribution in [0.3, 0.4) is 0 Å². The number of nitrogens with one attached hydrogen (secondary N) is 2. The molecule has 4 aromatic rings. The van der Waals surface area contributed by atoms with Crippen LogP contribution < -0.4 is 5.32 Å². The van der Waals surface area contributed by atoms with Crippen LogP contribution in [-0.2, 0) is 0 Å². The second-order valence-corrected chi connectivity index (χ2v) is 4.91. The van der Waals surface area contributed by atoms with Gasteiger partial charge in [-0.2, -0.15) is 0 Å². The predicted molar refractivity (Wildman–Crippen MR) is 79.6 cm³/mol. The number of carbonyl (C=O) groups excluding carboxylic acids is 1. The minimum absolute atomic E-state index is 0.221. The van der Waals surface area contributed by atoms with Crippen LogP contribution in [0.5, 0.6) is 0 Å². The Morgan fingerprint density at radius 1 is 1.27 bits per heavy atom. The number of rotatable bonds is 2. The Morgan fingerprint density at radius 3 is 3.09 bits per heavy atom. The first kappa shape index (κ1) is 12.5. The van der Waals surface area contributed by atoms with Crippen LogP contribution in [0.1, 0.15) is 16.2 Å². The van der Waals surface area contributed by atoms with Gasteiger partial charge in [0.15, 0.2) is 5.65 Å². The molecule has 0 aliphatic carbocycles. The number of pyridine rings is 1. The van der Waals surface area contributed by atoms with Gasteiger partial charge in [0.05, 0.1) is 11.0 Å². The Labute approximate surface area is 124 Å². The monoisotopic (exact) mass is 293 g/mol. The predicted octanol–water partition coefficient (Wildman–Crippen LogP) is 1.56. The van der Waals surface area contributed by atoms with E-state index in [1.165, 1.54) is 4.52 Å². The van der Waals surface area contributed by atoms with Crippen molar-refractivity contribution in [1.82, 2.24) is 30.0 Å². The van der Waals surface area contributed by atoms with Crippen LogP contribution in [-0.4, -0.2) is 35.9 Å². The topological polar surface area (TPSA) is 101 Å². The number of imidazole rings is 1. The number of aryl methyl sites for hydroxylation is 1. The number of tetrazole rings is 1.